The summed E-state index contributed by atoms with van der Waals surface area (Å²) in [4.78, 5) is 46.5. The molecule has 0 aliphatic heterocycles. The fourth-order valence-corrected chi connectivity index (χ4v) is 1.97. The van der Waals surface area contributed by atoms with Crippen molar-refractivity contribution in [1.29, 1.82) is 0 Å². The topological polar surface area (TPSA) is 114 Å². The molecule has 0 fully saturated rings. The van der Waals surface area contributed by atoms with Crippen molar-refractivity contribution < 1.29 is 23.9 Å². The van der Waals surface area contributed by atoms with Crippen molar-refractivity contribution in [2.24, 2.45) is 5.92 Å². The van der Waals surface area contributed by atoms with Crippen LogP contribution in [0.15, 0.2) is 18.2 Å². The van der Waals surface area contributed by atoms with E-state index in [0.717, 1.165) is 0 Å². The quantitative estimate of drug-likeness (QED) is 0.641. The fourth-order valence-electron chi connectivity index (χ4n) is 1.97. The van der Waals surface area contributed by atoms with E-state index in [-0.39, 0.29) is 29.3 Å². The maximum atomic E-state index is 12.2. The number of carbonyl (C=O) groups is 4. The van der Waals surface area contributed by atoms with Crippen LogP contribution in [-0.4, -0.2) is 36.3 Å². The van der Waals surface area contributed by atoms with Crippen molar-refractivity contribution >= 4 is 35.1 Å². The standard InChI is InChI=1S/C18H25N3O5/c1-10(2)11(3)19-17(24)9-26-18(25)14-6-15(20-12(4)22)8-16(7-14)21-13(5)23/h6-8,10-11H,9H2,1-5H3,(H,19,24)(H,20,22)(H,21,23). The molecule has 1 rings (SSSR count). The van der Waals surface area contributed by atoms with Gasteiger partial charge in [0.25, 0.3) is 5.91 Å². The van der Waals surface area contributed by atoms with E-state index in [4.69, 9.17) is 4.74 Å². The minimum Gasteiger partial charge on any atom is -0.452 e. The average molecular weight is 363 g/mol. The summed E-state index contributed by atoms with van der Waals surface area (Å²) in [6, 6.07) is 4.28. The van der Waals surface area contributed by atoms with Gasteiger partial charge in [0, 0.05) is 31.3 Å². The number of rotatable bonds is 7. The lowest BCUT2D eigenvalue weighted by atomic mass is 10.1. The number of hydrogen-bond acceptors (Lipinski definition) is 5. The minimum atomic E-state index is -0.740. The summed E-state index contributed by atoms with van der Waals surface area (Å²) in [6.45, 7) is 8.02. The van der Waals surface area contributed by atoms with Gasteiger partial charge in [-0.15, -0.1) is 0 Å². The molecule has 0 spiro atoms. The van der Waals surface area contributed by atoms with Crippen LogP contribution in [0.3, 0.4) is 0 Å². The van der Waals surface area contributed by atoms with Crippen molar-refractivity contribution in [1.82, 2.24) is 5.32 Å². The SMILES string of the molecule is CC(=O)Nc1cc(NC(C)=O)cc(C(=O)OCC(=O)NC(C)C(C)C)c1. The van der Waals surface area contributed by atoms with E-state index >= 15 is 0 Å². The Balaban J connectivity index is 2.84. The minimum absolute atomic E-state index is 0.0457. The Labute approximate surface area is 152 Å². The molecule has 26 heavy (non-hydrogen) atoms. The Kier molecular flexibility index (Phi) is 7.77. The third-order valence-electron chi connectivity index (χ3n) is 3.53. The van der Waals surface area contributed by atoms with Gasteiger partial charge in [-0.05, 0) is 31.0 Å². The second-order valence-electron chi connectivity index (χ2n) is 6.34. The molecule has 0 saturated carbocycles. The highest BCUT2D eigenvalue weighted by Crippen LogP contribution is 2.20. The summed E-state index contributed by atoms with van der Waals surface area (Å²) < 4.78 is 5.01. The molecular formula is C18H25N3O5. The van der Waals surface area contributed by atoms with Gasteiger partial charge in [-0.1, -0.05) is 13.8 Å². The number of ether oxygens (including phenoxy) is 1. The van der Waals surface area contributed by atoms with Gasteiger partial charge in [0.15, 0.2) is 6.61 Å². The van der Waals surface area contributed by atoms with Crippen molar-refractivity contribution in [3.8, 4) is 0 Å². The van der Waals surface area contributed by atoms with Crippen LogP contribution in [0.4, 0.5) is 11.4 Å². The van der Waals surface area contributed by atoms with E-state index in [1.807, 2.05) is 20.8 Å². The first kappa shape index (κ1) is 21.1. The normalized spacial score (nSPS) is 11.5. The molecule has 1 aromatic rings. The van der Waals surface area contributed by atoms with E-state index < -0.39 is 18.5 Å². The number of hydrogen-bond donors (Lipinski definition) is 3. The molecule has 3 N–H and O–H groups in total. The van der Waals surface area contributed by atoms with Gasteiger partial charge in [0.05, 0.1) is 5.56 Å². The molecule has 0 saturated heterocycles. The largest absolute Gasteiger partial charge is 0.452 e. The molecule has 8 nitrogen and oxygen atoms in total. The van der Waals surface area contributed by atoms with Crippen LogP contribution in [-0.2, 0) is 19.1 Å². The van der Waals surface area contributed by atoms with Crippen LogP contribution in [0.5, 0.6) is 0 Å². The summed E-state index contributed by atoms with van der Waals surface area (Å²) in [5, 5.41) is 7.81. The molecule has 0 aliphatic carbocycles. The Bertz CT molecular complexity index is 666. The Morgan fingerprint density at radius 1 is 0.923 bits per heavy atom. The summed E-state index contributed by atoms with van der Waals surface area (Å²) in [6.07, 6.45) is 0. The van der Waals surface area contributed by atoms with Crippen LogP contribution in [0.1, 0.15) is 45.0 Å². The van der Waals surface area contributed by atoms with E-state index in [1.54, 1.807) is 0 Å². The molecule has 1 unspecified atom stereocenters. The maximum Gasteiger partial charge on any atom is 0.338 e. The van der Waals surface area contributed by atoms with Crippen molar-refractivity contribution in [2.75, 3.05) is 17.2 Å². The summed E-state index contributed by atoms with van der Waals surface area (Å²) >= 11 is 0. The first-order chi connectivity index (χ1) is 12.1. The Hall–Kier alpha value is -2.90. The first-order valence-electron chi connectivity index (χ1n) is 8.25. The van der Waals surface area contributed by atoms with Crippen molar-refractivity contribution in [2.45, 2.75) is 40.7 Å². The number of amides is 3. The van der Waals surface area contributed by atoms with E-state index in [2.05, 4.69) is 16.0 Å². The molecule has 0 heterocycles. The summed E-state index contributed by atoms with van der Waals surface area (Å²) in [5.41, 5.74) is 0.756. The molecule has 1 atom stereocenters. The molecular weight excluding hydrogens is 338 g/mol. The molecule has 0 aliphatic rings. The predicted octanol–water partition coefficient (Wildman–Crippen LogP) is 1.92. The van der Waals surface area contributed by atoms with Crippen LogP contribution in [0, 0.1) is 5.92 Å². The smallest absolute Gasteiger partial charge is 0.338 e. The number of carbonyl (C=O) groups excluding carboxylic acids is 4. The van der Waals surface area contributed by atoms with Gasteiger partial charge < -0.3 is 20.7 Å². The maximum absolute atomic E-state index is 12.2. The van der Waals surface area contributed by atoms with E-state index in [1.165, 1.54) is 32.0 Å². The van der Waals surface area contributed by atoms with Crippen molar-refractivity contribution in [3.05, 3.63) is 23.8 Å². The summed E-state index contributed by atoms with van der Waals surface area (Å²) in [7, 11) is 0. The zero-order valence-corrected chi connectivity index (χ0v) is 15.6. The lowest BCUT2D eigenvalue weighted by Crippen LogP contribution is -2.38. The molecule has 0 aromatic heterocycles. The van der Waals surface area contributed by atoms with Crippen LogP contribution in [0.2, 0.25) is 0 Å². The molecule has 0 bridgehead atoms. The van der Waals surface area contributed by atoms with E-state index in [0.29, 0.717) is 11.4 Å². The third kappa shape index (κ3) is 7.33. The monoisotopic (exact) mass is 363 g/mol. The highest BCUT2D eigenvalue weighted by atomic mass is 16.5. The van der Waals surface area contributed by atoms with Crippen LogP contribution in [0.25, 0.3) is 0 Å². The lowest BCUT2D eigenvalue weighted by molar-refractivity contribution is -0.125. The zero-order valence-electron chi connectivity index (χ0n) is 15.6. The van der Waals surface area contributed by atoms with Crippen LogP contribution >= 0.6 is 0 Å². The molecule has 3 amide bonds. The second kappa shape index (κ2) is 9.55. The van der Waals surface area contributed by atoms with Crippen LogP contribution < -0.4 is 16.0 Å². The second-order valence-corrected chi connectivity index (χ2v) is 6.34. The number of benzene rings is 1. The summed E-state index contributed by atoms with van der Waals surface area (Å²) in [5.74, 6) is -1.54. The first-order valence-corrected chi connectivity index (χ1v) is 8.25. The van der Waals surface area contributed by atoms with Gasteiger partial charge >= 0.3 is 5.97 Å². The molecule has 142 valence electrons. The van der Waals surface area contributed by atoms with Gasteiger partial charge in [-0.3, -0.25) is 14.4 Å². The van der Waals surface area contributed by atoms with Gasteiger partial charge in [0.1, 0.15) is 0 Å². The Morgan fingerprint density at radius 3 is 1.85 bits per heavy atom. The average Bonchev–Trinajstić information content (AvgIpc) is 2.50. The molecule has 8 heteroatoms. The predicted molar refractivity (Wildman–Crippen MR) is 97.8 cm³/mol. The third-order valence-corrected chi connectivity index (χ3v) is 3.53. The van der Waals surface area contributed by atoms with Gasteiger partial charge in [0.2, 0.25) is 11.8 Å². The highest BCUT2D eigenvalue weighted by Gasteiger charge is 2.15. The molecule has 0 radical (unpaired) electrons. The van der Waals surface area contributed by atoms with Crippen molar-refractivity contribution in [3.63, 3.8) is 0 Å². The van der Waals surface area contributed by atoms with E-state index in [9.17, 15) is 19.2 Å². The fraction of sp³-hybridized carbons (Fsp3) is 0.444. The Morgan fingerprint density at radius 2 is 1.42 bits per heavy atom. The number of esters is 1. The molecule has 1 aromatic carbocycles. The lowest BCUT2D eigenvalue weighted by Gasteiger charge is -2.17. The van der Waals surface area contributed by atoms with Gasteiger partial charge in [-0.2, -0.15) is 0 Å². The van der Waals surface area contributed by atoms with Gasteiger partial charge in [-0.25, -0.2) is 4.79 Å². The highest BCUT2D eigenvalue weighted by molar-refractivity contribution is 5.98. The zero-order chi connectivity index (χ0) is 19.9. The number of nitrogens with one attached hydrogen (secondary N) is 3. The number of anilines is 2.